The van der Waals surface area contributed by atoms with E-state index in [9.17, 15) is 24.6 Å². The number of nitro groups is 1. The summed E-state index contributed by atoms with van der Waals surface area (Å²) < 4.78 is 4.85. The van der Waals surface area contributed by atoms with Crippen LogP contribution in [0.3, 0.4) is 0 Å². The average Bonchev–Trinajstić information content (AvgIpc) is 2.64. The van der Waals surface area contributed by atoms with Gasteiger partial charge in [0.25, 0.3) is 11.6 Å². The van der Waals surface area contributed by atoms with E-state index in [2.05, 4.69) is 10.6 Å². The summed E-state index contributed by atoms with van der Waals surface area (Å²) in [5, 5.41) is 15.9. The van der Waals surface area contributed by atoms with Crippen molar-refractivity contribution in [2.45, 2.75) is 58.6 Å². The predicted molar refractivity (Wildman–Crippen MR) is 108 cm³/mol. The lowest BCUT2D eigenvalue weighted by molar-refractivity contribution is -0.384. The van der Waals surface area contributed by atoms with Crippen molar-refractivity contribution >= 4 is 31.8 Å². The number of nitrogens with zero attached hydrogens (tertiary/aromatic N) is 1. The second-order valence-corrected chi connectivity index (χ2v) is 7.77. The molecule has 0 aromatic heterocycles. The van der Waals surface area contributed by atoms with Crippen molar-refractivity contribution in [3.8, 4) is 0 Å². The van der Waals surface area contributed by atoms with Crippen LogP contribution in [0.4, 0.5) is 11.4 Å². The lowest BCUT2D eigenvalue weighted by Gasteiger charge is -2.23. The molecule has 1 aromatic carbocycles. The first-order chi connectivity index (χ1) is 13.6. The molecule has 0 aliphatic heterocycles. The Morgan fingerprint density at radius 2 is 1.86 bits per heavy atom. The van der Waals surface area contributed by atoms with E-state index >= 15 is 0 Å². The van der Waals surface area contributed by atoms with E-state index in [1.54, 1.807) is 0 Å². The predicted octanol–water partition coefficient (Wildman–Crippen LogP) is 1.95. The van der Waals surface area contributed by atoms with Crippen LogP contribution in [-0.4, -0.2) is 33.8 Å². The summed E-state index contributed by atoms with van der Waals surface area (Å²) in [5.74, 6) is -1.04. The third-order valence-electron chi connectivity index (χ3n) is 4.04. The topological polar surface area (TPSA) is 154 Å². The number of hydrogen-bond acceptors (Lipinski definition) is 7. The molecule has 0 aliphatic carbocycles. The number of benzene rings is 1. The molecule has 0 saturated heterocycles. The third kappa shape index (κ3) is 9.27. The molecule has 2 amide bonds. The minimum absolute atomic E-state index is 0.0786. The zero-order valence-electron chi connectivity index (χ0n) is 16.7. The Balaban J connectivity index is 2.86. The molecule has 0 aliphatic rings. The Kier molecular flexibility index (Phi) is 10.7. The molecule has 29 heavy (non-hydrogen) atoms. The van der Waals surface area contributed by atoms with E-state index in [4.69, 9.17) is 9.42 Å². The number of amides is 2. The van der Waals surface area contributed by atoms with Crippen LogP contribution in [0.1, 0.15) is 46.5 Å². The van der Waals surface area contributed by atoms with Gasteiger partial charge in [-0.15, -0.1) is 0 Å². The van der Waals surface area contributed by atoms with Gasteiger partial charge >= 0.3 is 0 Å². The molecular formula is C18H28N3O7P. The second-order valence-electron chi connectivity index (χ2n) is 7.00. The van der Waals surface area contributed by atoms with Gasteiger partial charge < -0.3 is 15.5 Å². The third-order valence-corrected chi connectivity index (χ3v) is 4.53. The highest BCUT2D eigenvalue weighted by Gasteiger charge is 2.29. The molecular weight excluding hydrogens is 401 g/mol. The van der Waals surface area contributed by atoms with E-state index in [-0.39, 0.29) is 18.0 Å². The molecule has 0 fully saturated rings. The first kappa shape index (κ1) is 24.9. The lowest BCUT2D eigenvalue weighted by Crippen LogP contribution is -2.48. The van der Waals surface area contributed by atoms with Crippen LogP contribution >= 0.6 is 8.60 Å². The summed E-state index contributed by atoms with van der Waals surface area (Å²) in [6.45, 7) is 5.68. The van der Waals surface area contributed by atoms with Crippen molar-refractivity contribution in [2.24, 2.45) is 5.92 Å². The summed E-state index contributed by atoms with van der Waals surface area (Å²) in [7, 11) is -3.31. The lowest BCUT2D eigenvalue weighted by atomic mass is 10.0. The van der Waals surface area contributed by atoms with E-state index in [1.165, 1.54) is 24.3 Å². The molecule has 3 N–H and O–H groups in total. The minimum Gasteiger partial charge on any atom is -0.633 e. The van der Waals surface area contributed by atoms with Gasteiger partial charge in [0.2, 0.25) is 14.5 Å². The van der Waals surface area contributed by atoms with Crippen molar-refractivity contribution in [2.75, 3.05) is 5.32 Å². The monoisotopic (exact) mass is 429 g/mol. The number of anilines is 1. The second kappa shape index (κ2) is 12.4. The van der Waals surface area contributed by atoms with Gasteiger partial charge in [-0.1, -0.05) is 33.6 Å². The van der Waals surface area contributed by atoms with Gasteiger partial charge in [-0.3, -0.25) is 19.7 Å². The molecule has 11 heteroatoms. The number of hydrogen-bond donors (Lipinski definition) is 3. The summed E-state index contributed by atoms with van der Waals surface area (Å²) >= 11 is 0. The smallest absolute Gasteiger partial charge is 0.269 e. The van der Waals surface area contributed by atoms with Gasteiger partial charge in [-0.25, -0.2) is 9.42 Å². The Morgan fingerprint density at radius 3 is 2.34 bits per heavy atom. The van der Waals surface area contributed by atoms with Crippen molar-refractivity contribution in [3.63, 3.8) is 0 Å². The maximum Gasteiger partial charge on any atom is 0.269 e. The Labute approximate surface area is 170 Å². The zero-order chi connectivity index (χ0) is 22.0. The number of carbonyl (C=O) groups excluding carboxylic acids is 2. The first-order valence-corrected chi connectivity index (χ1v) is 10.7. The van der Waals surface area contributed by atoms with E-state index in [0.29, 0.717) is 18.5 Å². The largest absolute Gasteiger partial charge is 0.633 e. The average molecular weight is 429 g/mol. The van der Waals surface area contributed by atoms with Crippen LogP contribution in [0, 0.1) is 16.0 Å². The number of nitro benzene ring substituents is 1. The van der Waals surface area contributed by atoms with Crippen molar-refractivity contribution in [3.05, 3.63) is 34.4 Å². The van der Waals surface area contributed by atoms with Crippen LogP contribution in [-0.2, 0) is 14.1 Å². The van der Waals surface area contributed by atoms with Gasteiger partial charge in [0.1, 0.15) is 6.04 Å². The van der Waals surface area contributed by atoms with Crippen LogP contribution in [0.5, 0.6) is 0 Å². The van der Waals surface area contributed by atoms with Crippen LogP contribution in [0.15, 0.2) is 24.3 Å². The number of carbonyl (C=O) groups is 2. The van der Waals surface area contributed by atoms with Crippen molar-refractivity contribution in [1.82, 2.24) is 5.32 Å². The normalized spacial score (nSPS) is 14.1. The van der Waals surface area contributed by atoms with Gasteiger partial charge in [0.15, 0.2) is 6.10 Å². The molecule has 3 atom stereocenters. The minimum atomic E-state index is -3.31. The maximum absolute atomic E-state index is 12.7. The Morgan fingerprint density at radius 1 is 1.24 bits per heavy atom. The SMILES string of the molecule is CCCCC(O[PH+]([O-])O)C(=O)NC(CC(C)C)C(=O)Nc1ccc([N+](=O)[O-])cc1. The molecule has 3 unspecified atom stereocenters. The van der Waals surface area contributed by atoms with E-state index < -0.39 is 37.5 Å². The maximum atomic E-state index is 12.7. The molecule has 0 radical (unpaired) electrons. The fourth-order valence-corrected chi connectivity index (χ4v) is 3.09. The molecule has 1 aromatic rings. The molecule has 0 spiro atoms. The Hall–Kier alpha value is -2.13. The first-order valence-electron chi connectivity index (χ1n) is 9.39. The zero-order valence-corrected chi connectivity index (χ0v) is 17.7. The highest BCUT2D eigenvalue weighted by molar-refractivity contribution is 7.37. The Bertz CT molecular complexity index is 683. The number of rotatable bonds is 12. The number of unbranched alkanes of at least 4 members (excludes halogenated alkanes) is 1. The summed E-state index contributed by atoms with van der Waals surface area (Å²) in [6, 6.07) is 4.43. The van der Waals surface area contributed by atoms with Crippen LogP contribution in [0.2, 0.25) is 0 Å². The van der Waals surface area contributed by atoms with E-state index in [1.807, 2.05) is 20.8 Å². The summed E-state index contributed by atoms with van der Waals surface area (Å²) in [4.78, 5) is 55.4. The summed E-state index contributed by atoms with van der Waals surface area (Å²) in [6.07, 6.45) is 0.872. The highest BCUT2D eigenvalue weighted by atomic mass is 31.2. The standard InChI is InChI=1S/C18H28N3O7P/c1-4-5-6-16(28-29(26)27)18(23)20-15(11-12(2)3)17(22)19-13-7-9-14(10-8-13)21(24)25/h7-10,12,15-16,26,29H,4-6,11H2,1-3H3,(H,19,22)(H,20,23). The van der Waals surface area contributed by atoms with Gasteiger partial charge in [0.05, 0.1) is 4.92 Å². The van der Waals surface area contributed by atoms with Crippen LogP contribution < -0.4 is 15.5 Å². The quantitative estimate of drug-likeness (QED) is 0.261. The van der Waals surface area contributed by atoms with Crippen molar-refractivity contribution in [1.29, 1.82) is 0 Å². The molecule has 1 rings (SSSR count). The summed E-state index contributed by atoms with van der Waals surface area (Å²) in [5.41, 5.74) is 0.243. The fourth-order valence-electron chi connectivity index (χ4n) is 2.62. The molecule has 0 heterocycles. The van der Waals surface area contributed by atoms with Gasteiger partial charge in [-0.05, 0) is 30.9 Å². The van der Waals surface area contributed by atoms with Gasteiger partial charge in [-0.2, -0.15) is 0 Å². The molecule has 162 valence electrons. The van der Waals surface area contributed by atoms with Crippen molar-refractivity contribution < 1.29 is 28.8 Å². The molecule has 10 nitrogen and oxygen atoms in total. The fraction of sp³-hybridized carbons (Fsp3) is 0.556. The highest BCUT2D eigenvalue weighted by Crippen LogP contribution is 2.25. The van der Waals surface area contributed by atoms with Crippen LogP contribution in [0.25, 0.3) is 0 Å². The molecule has 0 bridgehead atoms. The number of non-ortho nitro benzene ring substituents is 1. The number of nitrogens with one attached hydrogen (secondary N) is 2. The van der Waals surface area contributed by atoms with E-state index in [0.717, 1.165) is 6.42 Å². The molecule has 0 saturated carbocycles. The van der Waals surface area contributed by atoms with Gasteiger partial charge in [0, 0.05) is 17.8 Å².